The molecule has 0 saturated heterocycles. The highest BCUT2D eigenvalue weighted by molar-refractivity contribution is 5.98. The number of pyridine rings is 1. The first-order chi connectivity index (χ1) is 14.1. The van der Waals surface area contributed by atoms with Crippen LogP contribution in [-0.4, -0.2) is 25.8 Å². The number of para-hydroxylation sites is 1. The van der Waals surface area contributed by atoms with Gasteiger partial charge in [-0.1, -0.05) is 36.8 Å². The molecule has 6 heteroatoms. The number of hydrogen-bond donors (Lipinski definition) is 2. The zero-order chi connectivity index (χ0) is 20.0. The van der Waals surface area contributed by atoms with Crippen LogP contribution in [0.1, 0.15) is 41.1 Å². The van der Waals surface area contributed by atoms with E-state index in [0.29, 0.717) is 16.8 Å². The van der Waals surface area contributed by atoms with Gasteiger partial charge in [-0.2, -0.15) is 5.10 Å². The molecule has 1 aliphatic carbocycles. The monoisotopic (exact) mass is 385 g/mol. The summed E-state index contributed by atoms with van der Waals surface area (Å²) in [6.45, 7) is 0. The smallest absolute Gasteiger partial charge is 0.341 e. The minimum Gasteiger partial charge on any atom is -0.477 e. The molecule has 6 nitrogen and oxygen atoms in total. The number of fused-ring (bicyclic) bond motifs is 1. The number of rotatable bonds is 4. The fraction of sp³-hybridized carbons (Fsp3) is 0.174. The second-order valence-corrected chi connectivity index (χ2v) is 7.42. The predicted octanol–water partition coefficient (Wildman–Crippen LogP) is 4.35. The van der Waals surface area contributed by atoms with E-state index >= 15 is 0 Å². The van der Waals surface area contributed by atoms with Gasteiger partial charge in [0, 0.05) is 11.8 Å². The van der Waals surface area contributed by atoms with Crippen molar-refractivity contribution in [3.8, 4) is 16.9 Å². The number of H-pyrrole nitrogens is 1. The minimum absolute atomic E-state index is 0.255. The standard InChI is InChI=1S/C23H19N3O3/c27-22-18(23(28)29)13-15-9-10-17(14-5-4-6-14)20(21(15)24-22)19-11-12-26(25-19)16-7-2-1-3-8-16/h1-3,7-14H,4-6H2,(H,24,27)(H,28,29). The molecule has 0 bridgehead atoms. The van der Waals surface area contributed by atoms with E-state index in [4.69, 9.17) is 5.10 Å². The van der Waals surface area contributed by atoms with E-state index in [1.165, 1.54) is 12.5 Å². The van der Waals surface area contributed by atoms with Crippen molar-refractivity contribution in [3.05, 3.63) is 82.3 Å². The number of carboxylic acids is 1. The molecule has 5 rings (SSSR count). The molecule has 0 amide bonds. The topological polar surface area (TPSA) is 88.0 Å². The molecule has 4 aromatic rings. The summed E-state index contributed by atoms with van der Waals surface area (Å²) < 4.78 is 1.81. The van der Waals surface area contributed by atoms with Crippen LogP contribution >= 0.6 is 0 Å². The molecule has 1 aliphatic rings. The Morgan fingerprint density at radius 1 is 1.10 bits per heavy atom. The van der Waals surface area contributed by atoms with Crippen LogP contribution in [-0.2, 0) is 0 Å². The second kappa shape index (κ2) is 6.74. The van der Waals surface area contributed by atoms with Gasteiger partial charge < -0.3 is 10.1 Å². The summed E-state index contributed by atoms with van der Waals surface area (Å²) in [6.07, 6.45) is 5.30. The number of aromatic carboxylic acids is 1. The molecule has 0 spiro atoms. The number of hydrogen-bond acceptors (Lipinski definition) is 3. The molecule has 0 radical (unpaired) electrons. The molecule has 0 atom stereocenters. The maximum atomic E-state index is 12.4. The third-order valence-corrected chi connectivity index (χ3v) is 5.69. The van der Waals surface area contributed by atoms with Gasteiger partial charge in [-0.15, -0.1) is 0 Å². The van der Waals surface area contributed by atoms with Crippen LogP contribution in [0.4, 0.5) is 0 Å². The molecule has 2 N–H and O–H groups in total. The van der Waals surface area contributed by atoms with Crippen molar-refractivity contribution in [1.82, 2.24) is 14.8 Å². The van der Waals surface area contributed by atoms with Gasteiger partial charge in [-0.05, 0) is 54.0 Å². The summed E-state index contributed by atoms with van der Waals surface area (Å²) in [5.41, 5.74) is 3.54. The Morgan fingerprint density at radius 3 is 2.59 bits per heavy atom. The molecule has 144 valence electrons. The van der Waals surface area contributed by atoms with E-state index in [-0.39, 0.29) is 5.56 Å². The lowest BCUT2D eigenvalue weighted by Gasteiger charge is -2.28. The normalized spacial score (nSPS) is 14.1. The highest BCUT2D eigenvalue weighted by atomic mass is 16.4. The number of benzene rings is 2. The van der Waals surface area contributed by atoms with Gasteiger partial charge in [0.25, 0.3) is 5.56 Å². The minimum atomic E-state index is -1.23. The zero-order valence-corrected chi connectivity index (χ0v) is 15.6. The van der Waals surface area contributed by atoms with Gasteiger partial charge >= 0.3 is 5.97 Å². The van der Waals surface area contributed by atoms with Crippen molar-refractivity contribution in [2.75, 3.05) is 0 Å². The number of aromatic amines is 1. The summed E-state index contributed by atoms with van der Waals surface area (Å²) >= 11 is 0. The van der Waals surface area contributed by atoms with Crippen molar-refractivity contribution in [2.45, 2.75) is 25.2 Å². The molecule has 2 heterocycles. The lowest BCUT2D eigenvalue weighted by Crippen LogP contribution is -2.18. The van der Waals surface area contributed by atoms with E-state index in [9.17, 15) is 14.7 Å². The van der Waals surface area contributed by atoms with Crippen molar-refractivity contribution >= 4 is 16.9 Å². The maximum Gasteiger partial charge on any atom is 0.341 e. The quantitative estimate of drug-likeness (QED) is 0.547. The Morgan fingerprint density at radius 2 is 1.90 bits per heavy atom. The number of aromatic nitrogens is 3. The lowest BCUT2D eigenvalue weighted by atomic mass is 9.77. The third kappa shape index (κ3) is 2.93. The number of carbonyl (C=O) groups is 1. The third-order valence-electron chi connectivity index (χ3n) is 5.69. The van der Waals surface area contributed by atoms with E-state index in [0.717, 1.165) is 35.3 Å². The second-order valence-electron chi connectivity index (χ2n) is 7.42. The van der Waals surface area contributed by atoms with Crippen LogP contribution in [0.15, 0.2) is 65.6 Å². The number of carboxylic acid groups (broad SMARTS) is 1. The molecule has 1 saturated carbocycles. The van der Waals surface area contributed by atoms with Crippen LogP contribution in [0.5, 0.6) is 0 Å². The van der Waals surface area contributed by atoms with Gasteiger partial charge in [-0.3, -0.25) is 4.79 Å². The molecule has 0 aliphatic heterocycles. The Hall–Kier alpha value is -3.67. The van der Waals surface area contributed by atoms with E-state index in [1.807, 2.05) is 59.4 Å². The van der Waals surface area contributed by atoms with Crippen LogP contribution < -0.4 is 5.56 Å². The van der Waals surface area contributed by atoms with Crippen molar-refractivity contribution in [2.24, 2.45) is 0 Å². The van der Waals surface area contributed by atoms with Crippen molar-refractivity contribution in [1.29, 1.82) is 0 Å². The molecule has 0 unspecified atom stereocenters. The zero-order valence-electron chi connectivity index (χ0n) is 15.6. The number of nitrogens with zero attached hydrogens (tertiary/aromatic N) is 2. The Labute approximate surface area is 166 Å². The summed E-state index contributed by atoms with van der Waals surface area (Å²) in [7, 11) is 0. The first-order valence-corrected chi connectivity index (χ1v) is 9.66. The summed E-state index contributed by atoms with van der Waals surface area (Å²) in [5.74, 6) is -0.801. The fourth-order valence-electron chi connectivity index (χ4n) is 3.97. The van der Waals surface area contributed by atoms with Crippen LogP contribution in [0.2, 0.25) is 0 Å². The van der Waals surface area contributed by atoms with Gasteiger partial charge in [0.05, 0.1) is 16.9 Å². The first-order valence-electron chi connectivity index (χ1n) is 9.66. The Balaban J connectivity index is 1.74. The Bertz CT molecular complexity index is 1280. The Kier molecular flexibility index (Phi) is 4.05. The highest BCUT2D eigenvalue weighted by Gasteiger charge is 2.26. The maximum absolute atomic E-state index is 12.4. The molecule has 1 fully saturated rings. The molecule has 2 aromatic heterocycles. The molecule has 2 aromatic carbocycles. The predicted molar refractivity (Wildman–Crippen MR) is 111 cm³/mol. The van der Waals surface area contributed by atoms with E-state index in [2.05, 4.69) is 4.98 Å². The summed E-state index contributed by atoms with van der Waals surface area (Å²) in [5, 5.41) is 14.8. The van der Waals surface area contributed by atoms with E-state index < -0.39 is 11.5 Å². The summed E-state index contributed by atoms with van der Waals surface area (Å²) in [4.78, 5) is 26.6. The van der Waals surface area contributed by atoms with Crippen molar-refractivity contribution in [3.63, 3.8) is 0 Å². The molecular weight excluding hydrogens is 366 g/mol. The largest absolute Gasteiger partial charge is 0.477 e. The van der Waals surface area contributed by atoms with Gasteiger partial charge in [0.1, 0.15) is 5.56 Å². The van der Waals surface area contributed by atoms with Crippen LogP contribution in [0.3, 0.4) is 0 Å². The van der Waals surface area contributed by atoms with Crippen LogP contribution in [0, 0.1) is 0 Å². The van der Waals surface area contributed by atoms with E-state index in [1.54, 1.807) is 0 Å². The lowest BCUT2D eigenvalue weighted by molar-refractivity contribution is 0.0695. The molecular formula is C23H19N3O3. The van der Waals surface area contributed by atoms with Gasteiger partial charge in [0.2, 0.25) is 0 Å². The molecule has 29 heavy (non-hydrogen) atoms. The van der Waals surface area contributed by atoms with Crippen molar-refractivity contribution < 1.29 is 9.90 Å². The average molecular weight is 385 g/mol. The highest BCUT2D eigenvalue weighted by Crippen LogP contribution is 2.43. The van der Waals surface area contributed by atoms with Gasteiger partial charge in [0.15, 0.2) is 0 Å². The number of nitrogens with one attached hydrogen (secondary N) is 1. The van der Waals surface area contributed by atoms with Crippen LogP contribution in [0.25, 0.3) is 27.8 Å². The SMILES string of the molecule is O=C(O)c1cc2ccc(C3CCC3)c(-c3ccn(-c4ccccc4)n3)c2[nH]c1=O. The fourth-order valence-corrected chi connectivity index (χ4v) is 3.97. The first kappa shape index (κ1) is 17.4. The van der Waals surface area contributed by atoms with Gasteiger partial charge in [-0.25, -0.2) is 9.48 Å². The summed E-state index contributed by atoms with van der Waals surface area (Å²) in [6, 6.07) is 17.2. The average Bonchev–Trinajstić information content (AvgIpc) is 3.16.